The Morgan fingerprint density at radius 2 is 1.92 bits per heavy atom. The van der Waals surface area contributed by atoms with E-state index in [1.165, 1.54) is 0 Å². The smallest absolute Gasteiger partial charge is 0.345 e. The van der Waals surface area contributed by atoms with E-state index in [0.717, 1.165) is 11.1 Å². The lowest BCUT2D eigenvalue weighted by molar-refractivity contribution is -0.150. The van der Waals surface area contributed by atoms with Gasteiger partial charge in [-0.3, -0.25) is 4.98 Å². The molecule has 1 aromatic heterocycles. The molecule has 2 aromatic rings. The molecule has 0 fully saturated rings. The topological polar surface area (TPSA) is 59.4 Å². The van der Waals surface area contributed by atoms with Crippen LogP contribution in [0.25, 0.3) is 0 Å². The number of aliphatic carboxylic acids is 1. The number of pyridine rings is 1. The van der Waals surface area contributed by atoms with E-state index in [2.05, 4.69) is 16.8 Å². The molecule has 0 aliphatic carbocycles. The fraction of sp³-hybridized carbons (Fsp3) is 0.300. The molecule has 2 rings (SSSR count). The fourth-order valence-electron chi connectivity index (χ4n) is 2.16. The predicted octanol–water partition coefficient (Wildman–Crippen LogP) is 4.32. The molecule has 1 atom stereocenters. The molecule has 1 N–H and O–H groups in total. The lowest BCUT2D eigenvalue weighted by Gasteiger charge is -2.28. The van der Waals surface area contributed by atoms with Gasteiger partial charge in [-0.1, -0.05) is 44.2 Å². The molecule has 0 amide bonds. The molecule has 0 spiro atoms. The van der Waals surface area contributed by atoms with E-state index in [0.29, 0.717) is 16.3 Å². The summed E-state index contributed by atoms with van der Waals surface area (Å²) in [6.45, 7) is 7.38. The van der Waals surface area contributed by atoms with Crippen molar-refractivity contribution in [3.63, 3.8) is 0 Å². The zero-order chi connectivity index (χ0) is 18.6. The van der Waals surface area contributed by atoms with Crippen molar-refractivity contribution in [3.8, 4) is 17.6 Å². The first-order valence-electron chi connectivity index (χ1n) is 7.80. The van der Waals surface area contributed by atoms with Crippen LogP contribution in [0.5, 0.6) is 5.75 Å². The van der Waals surface area contributed by atoms with Crippen LogP contribution in [-0.2, 0) is 4.79 Å². The van der Waals surface area contributed by atoms with Crippen molar-refractivity contribution >= 4 is 17.6 Å². The van der Waals surface area contributed by atoms with Gasteiger partial charge in [0, 0.05) is 28.4 Å². The summed E-state index contributed by atoms with van der Waals surface area (Å²) in [5.74, 6) is 5.42. The second-order valence-corrected chi connectivity index (χ2v) is 7.22. The SMILES string of the molecule is Cc1ccncc1C#Cc1cc(Cl)ccc1OC(C(=O)O)C(C)(C)C. The van der Waals surface area contributed by atoms with Gasteiger partial charge in [0.25, 0.3) is 0 Å². The van der Waals surface area contributed by atoms with Gasteiger partial charge in [0.05, 0.1) is 5.56 Å². The molecule has 0 saturated heterocycles. The van der Waals surface area contributed by atoms with Gasteiger partial charge in [-0.2, -0.15) is 0 Å². The van der Waals surface area contributed by atoms with Crippen molar-refractivity contribution in [1.82, 2.24) is 4.98 Å². The number of halogens is 1. The average Bonchev–Trinajstić information content (AvgIpc) is 2.51. The Bertz CT molecular complexity index is 844. The summed E-state index contributed by atoms with van der Waals surface area (Å²) in [6, 6.07) is 6.83. The molecule has 0 radical (unpaired) electrons. The zero-order valence-electron chi connectivity index (χ0n) is 14.6. The first-order chi connectivity index (χ1) is 11.7. The molecule has 0 bridgehead atoms. The zero-order valence-corrected chi connectivity index (χ0v) is 15.4. The molecule has 1 unspecified atom stereocenters. The van der Waals surface area contributed by atoms with E-state index >= 15 is 0 Å². The van der Waals surface area contributed by atoms with Crippen molar-refractivity contribution in [2.45, 2.75) is 33.8 Å². The number of nitrogens with zero attached hydrogens (tertiary/aromatic N) is 1. The molecular weight excluding hydrogens is 338 g/mol. The number of aryl methyl sites for hydroxylation is 1. The number of hydrogen-bond donors (Lipinski definition) is 1. The van der Waals surface area contributed by atoms with Crippen LogP contribution in [0.4, 0.5) is 0 Å². The Morgan fingerprint density at radius 1 is 1.24 bits per heavy atom. The van der Waals surface area contributed by atoms with Crippen molar-refractivity contribution < 1.29 is 14.6 Å². The Hall–Kier alpha value is -2.51. The van der Waals surface area contributed by atoms with E-state index in [-0.39, 0.29) is 0 Å². The van der Waals surface area contributed by atoms with E-state index in [9.17, 15) is 9.90 Å². The Balaban J connectivity index is 2.42. The third-order valence-electron chi connectivity index (χ3n) is 3.57. The summed E-state index contributed by atoms with van der Waals surface area (Å²) in [7, 11) is 0. The molecular formula is C20H20ClNO3. The van der Waals surface area contributed by atoms with Crippen molar-refractivity contribution in [3.05, 3.63) is 58.4 Å². The molecule has 130 valence electrons. The molecule has 5 heteroatoms. The van der Waals surface area contributed by atoms with E-state index in [1.807, 2.05) is 33.8 Å². The van der Waals surface area contributed by atoms with Gasteiger partial charge in [0.1, 0.15) is 5.75 Å². The highest BCUT2D eigenvalue weighted by Gasteiger charge is 2.33. The number of aromatic nitrogens is 1. The maximum Gasteiger partial charge on any atom is 0.345 e. The Morgan fingerprint density at radius 3 is 2.52 bits per heavy atom. The lowest BCUT2D eigenvalue weighted by atomic mass is 9.89. The summed E-state index contributed by atoms with van der Waals surface area (Å²) in [4.78, 5) is 15.6. The van der Waals surface area contributed by atoms with Crippen LogP contribution >= 0.6 is 11.6 Å². The van der Waals surface area contributed by atoms with Crippen LogP contribution in [0.15, 0.2) is 36.7 Å². The third kappa shape index (κ3) is 4.98. The van der Waals surface area contributed by atoms with E-state index < -0.39 is 17.5 Å². The molecule has 0 saturated carbocycles. The minimum absolute atomic E-state index is 0.390. The minimum atomic E-state index is -1.02. The molecule has 1 heterocycles. The van der Waals surface area contributed by atoms with Crippen molar-refractivity contribution in [2.24, 2.45) is 5.41 Å². The van der Waals surface area contributed by atoms with Gasteiger partial charge < -0.3 is 9.84 Å². The normalized spacial score (nSPS) is 12.0. The van der Waals surface area contributed by atoms with E-state index in [4.69, 9.17) is 16.3 Å². The third-order valence-corrected chi connectivity index (χ3v) is 3.80. The highest BCUT2D eigenvalue weighted by Crippen LogP contribution is 2.29. The number of benzene rings is 1. The monoisotopic (exact) mass is 357 g/mol. The quantitative estimate of drug-likeness (QED) is 0.831. The number of carbonyl (C=O) groups is 1. The number of carboxylic acids is 1. The second-order valence-electron chi connectivity index (χ2n) is 6.78. The number of rotatable bonds is 3. The van der Waals surface area contributed by atoms with E-state index in [1.54, 1.807) is 30.6 Å². The lowest BCUT2D eigenvalue weighted by Crippen LogP contribution is -2.39. The van der Waals surface area contributed by atoms with Gasteiger partial charge >= 0.3 is 5.97 Å². The number of ether oxygens (including phenoxy) is 1. The fourth-order valence-corrected chi connectivity index (χ4v) is 2.33. The highest BCUT2D eigenvalue weighted by molar-refractivity contribution is 6.30. The molecule has 25 heavy (non-hydrogen) atoms. The van der Waals surface area contributed by atoms with Gasteiger partial charge in [0.15, 0.2) is 6.10 Å². The minimum Gasteiger partial charge on any atom is -0.478 e. The van der Waals surface area contributed by atoms with Gasteiger partial charge in [-0.05, 0) is 36.8 Å². The summed E-state index contributed by atoms with van der Waals surface area (Å²) in [5.41, 5.74) is 1.76. The predicted molar refractivity (Wildman–Crippen MR) is 97.9 cm³/mol. The molecule has 0 aliphatic rings. The Kier molecular flexibility index (Phi) is 5.71. The Labute approximate surface area is 152 Å². The maximum absolute atomic E-state index is 11.6. The van der Waals surface area contributed by atoms with Gasteiger partial charge in [0.2, 0.25) is 0 Å². The van der Waals surface area contributed by atoms with Crippen LogP contribution in [0.3, 0.4) is 0 Å². The standard InChI is InChI=1S/C20H20ClNO3/c1-13-9-10-22-12-15(13)6-5-14-11-16(21)7-8-17(14)25-18(19(23)24)20(2,3)4/h7-12,18H,1-4H3,(H,23,24). The van der Waals surface area contributed by atoms with Crippen LogP contribution in [-0.4, -0.2) is 22.2 Å². The first-order valence-corrected chi connectivity index (χ1v) is 8.18. The molecule has 0 aliphatic heterocycles. The van der Waals surface area contributed by atoms with Gasteiger partial charge in [-0.15, -0.1) is 0 Å². The maximum atomic E-state index is 11.6. The van der Waals surface area contributed by atoms with Crippen LogP contribution in [0, 0.1) is 24.2 Å². The van der Waals surface area contributed by atoms with Crippen LogP contribution in [0.1, 0.15) is 37.5 Å². The average molecular weight is 358 g/mol. The van der Waals surface area contributed by atoms with Gasteiger partial charge in [-0.25, -0.2) is 4.79 Å². The molecule has 4 nitrogen and oxygen atoms in total. The molecule has 1 aromatic carbocycles. The van der Waals surface area contributed by atoms with Crippen LogP contribution in [0.2, 0.25) is 5.02 Å². The number of carboxylic acid groups (broad SMARTS) is 1. The largest absolute Gasteiger partial charge is 0.478 e. The number of hydrogen-bond acceptors (Lipinski definition) is 3. The van der Waals surface area contributed by atoms with Crippen molar-refractivity contribution in [2.75, 3.05) is 0 Å². The second kappa shape index (κ2) is 7.58. The summed E-state index contributed by atoms with van der Waals surface area (Å²) >= 11 is 6.07. The summed E-state index contributed by atoms with van der Waals surface area (Å²) in [6.07, 6.45) is 2.38. The summed E-state index contributed by atoms with van der Waals surface area (Å²) < 4.78 is 5.77. The highest BCUT2D eigenvalue weighted by atomic mass is 35.5. The first kappa shape index (κ1) is 18.8. The van der Waals surface area contributed by atoms with Crippen molar-refractivity contribution in [1.29, 1.82) is 0 Å². The summed E-state index contributed by atoms with van der Waals surface area (Å²) in [5, 5.41) is 9.97. The van der Waals surface area contributed by atoms with Crippen LogP contribution < -0.4 is 4.74 Å².